The Morgan fingerprint density at radius 3 is 2.35 bits per heavy atom. The molecular weight excluding hydrogens is 259 g/mol. The van der Waals surface area contributed by atoms with Gasteiger partial charge in [-0.2, -0.15) is 0 Å². The third kappa shape index (κ3) is 2.38. The van der Waals surface area contributed by atoms with Crippen LogP contribution in [0.15, 0.2) is 33.5 Å². The summed E-state index contributed by atoms with van der Waals surface area (Å²) in [5, 5.41) is 0.883. The number of hydrogen-bond donors (Lipinski definition) is 0. The zero-order valence-corrected chi connectivity index (χ0v) is 10.9. The topological polar surface area (TPSA) is 30.2 Å². The maximum Gasteiger partial charge on any atom is 0.193 e. The van der Waals surface area contributed by atoms with E-state index >= 15 is 0 Å². The molecule has 0 fully saturated rings. The lowest BCUT2D eigenvalue weighted by molar-refractivity contribution is 0.486. The predicted molar refractivity (Wildman–Crippen MR) is 69.9 cm³/mol. The van der Waals surface area contributed by atoms with E-state index in [0.29, 0.717) is 32.7 Å². The van der Waals surface area contributed by atoms with Gasteiger partial charge in [0.25, 0.3) is 0 Å². The molecule has 2 rings (SSSR count). The quantitative estimate of drug-likeness (QED) is 0.775. The molecule has 0 atom stereocenters. The number of halogens is 2. The molecule has 2 nitrogen and oxygen atoms in total. The van der Waals surface area contributed by atoms with Crippen molar-refractivity contribution in [2.24, 2.45) is 0 Å². The summed E-state index contributed by atoms with van der Waals surface area (Å²) in [7, 11) is 0. The summed E-state index contributed by atoms with van der Waals surface area (Å²) in [5.74, 6) is 1.17. The number of hydrogen-bond acceptors (Lipinski definition) is 2. The number of benzene rings is 1. The lowest BCUT2D eigenvalue weighted by Crippen LogP contribution is -2.06. The van der Waals surface area contributed by atoms with Crippen LogP contribution < -0.4 is 5.43 Å². The van der Waals surface area contributed by atoms with E-state index in [9.17, 15) is 4.79 Å². The maximum absolute atomic E-state index is 11.9. The van der Waals surface area contributed by atoms with E-state index in [-0.39, 0.29) is 5.43 Å². The van der Waals surface area contributed by atoms with E-state index < -0.39 is 0 Å². The smallest absolute Gasteiger partial charge is 0.193 e. The van der Waals surface area contributed by atoms with Crippen molar-refractivity contribution in [2.75, 3.05) is 0 Å². The van der Waals surface area contributed by atoms with Crippen molar-refractivity contribution in [3.63, 3.8) is 0 Å². The molecule has 0 bridgehead atoms. The lowest BCUT2D eigenvalue weighted by atomic mass is 10.0. The van der Waals surface area contributed by atoms with Crippen LogP contribution in [0.1, 0.15) is 11.5 Å². The zero-order valence-electron chi connectivity index (χ0n) is 9.38. The van der Waals surface area contributed by atoms with Crippen LogP contribution in [0.2, 0.25) is 10.0 Å². The van der Waals surface area contributed by atoms with Gasteiger partial charge in [-0.25, -0.2) is 0 Å². The van der Waals surface area contributed by atoms with Crippen LogP contribution in [0.5, 0.6) is 0 Å². The van der Waals surface area contributed by atoms with Crippen LogP contribution in [0.4, 0.5) is 0 Å². The summed E-state index contributed by atoms with van der Waals surface area (Å²) in [6.07, 6.45) is 0. The Morgan fingerprint density at radius 2 is 1.76 bits per heavy atom. The molecule has 17 heavy (non-hydrogen) atoms. The Bertz CT molecular complexity index is 630. The minimum atomic E-state index is -0.0790. The number of rotatable bonds is 1. The third-order valence-corrected chi connectivity index (χ3v) is 3.19. The molecule has 4 heteroatoms. The molecule has 0 amide bonds. The van der Waals surface area contributed by atoms with Crippen LogP contribution in [-0.2, 0) is 0 Å². The molecule has 0 unspecified atom stereocenters. The molecule has 0 saturated carbocycles. The van der Waals surface area contributed by atoms with Gasteiger partial charge in [0.15, 0.2) is 5.43 Å². The van der Waals surface area contributed by atoms with E-state index in [1.165, 1.54) is 6.07 Å². The molecule has 1 heterocycles. The second-order valence-corrected chi connectivity index (χ2v) is 4.60. The Kier molecular flexibility index (Phi) is 3.27. The van der Waals surface area contributed by atoms with Gasteiger partial charge in [-0.3, -0.25) is 4.79 Å². The van der Waals surface area contributed by atoms with Crippen molar-refractivity contribution in [1.82, 2.24) is 0 Å². The molecule has 0 N–H and O–H groups in total. The van der Waals surface area contributed by atoms with Crippen LogP contribution in [0, 0.1) is 13.8 Å². The van der Waals surface area contributed by atoms with E-state index in [0.717, 1.165) is 0 Å². The summed E-state index contributed by atoms with van der Waals surface area (Å²) in [5.41, 5.74) is 1.16. The first-order chi connectivity index (χ1) is 7.99. The largest absolute Gasteiger partial charge is 0.466 e. The SMILES string of the molecule is Cc1cc(=O)c(-c2ccc(Cl)c(Cl)c2)c(C)o1. The molecule has 0 aliphatic rings. The highest BCUT2D eigenvalue weighted by Gasteiger charge is 2.11. The van der Waals surface area contributed by atoms with Crippen molar-refractivity contribution in [3.8, 4) is 11.1 Å². The van der Waals surface area contributed by atoms with Gasteiger partial charge >= 0.3 is 0 Å². The summed E-state index contributed by atoms with van der Waals surface area (Å²) >= 11 is 11.8. The third-order valence-electron chi connectivity index (χ3n) is 2.46. The van der Waals surface area contributed by atoms with Gasteiger partial charge in [-0.05, 0) is 31.5 Å². The monoisotopic (exact) mass is 268 g/mol. The number of aryl methyl sites for hydroxylation is 2. The fraction of sp³-hybridized carbons (Fsp3) is 0.154. The van der Waals surface area contributed by atoms with Crippen molar-refractivity contribution >= 4 is 23.2 Å². The van der Waals surface area contributed by atoms with Gasteiger partial charge in [-0.1, -0.05) is 29.3 Å². The Morgan fingerprint density at radius 1 is 1.06 bits per heavy atom. The fourth-order valence-corrected chi connectivity index (χ4v) is 2.05. The molecule has 0 radical (unpaired) electrons. The molecule has 1 aromatic heterocycles. The van der Waals surface area contributed by atoms with Gasteiger partial charge < -0.3 is 4.42 Å². The standard InChI is InChI=1S/C13H10Cl2O2/c1-7-5-12(16)13(8(2)17-7)9-3-4-10(14)11(15)6-9/h3-6H,1-2H3. The van der Waals surface area contributed by atoms with Crippen molar-refractivity contribution < 1.29 is 4.42 Å². The fourth-order valence-electron chi connectivity index (χ4n) is 1.75. The molecule has 1 aromatic carbocycles. The normalized spacial score (nSPS) is 10.6. The summed E-state index contributed by atoms with van der Waals surface area (Å²) in [6.45, 7) is 3.50. The Labute approximate surface area is 109 Å². The van der Waals surface area contributed by atoms with Crippen molar-refractivity contribution in [2.45, 2.75) is 13.8 Å². The molecular formula is C13H10Cl2O2. The van der Waals surface area contributed by atoms with Crippen molar-refractivity contribution in [1.29, 1.82) is 0 Å². The van der Waals surface area contributed by atoms with Crippen molar-refractivity contribution in [3.05, 3.63) is 56.1 Å². The molecule has 0 aliphatic carbocycles. The minimum absolute atomic E-state index is 0.0790. The van der Waals surface area contributed by atoms with Gasteiger partial charge in [0.05, 0.1) is 15.6 Å². The molecule has 88 valence electrons. The molecule has 0 aliphatic heterocycles. The van der Waals surface area contributed by atoms with Gasteiger partial charge in [-0.15, -0.1) is 0 Å². The first-order valence-corrected chi connectivity index (χ1v) is 5.81. The predicted octanol–water partition coefficient (Wildman–Crippen LogP) is 4.23. The highest BCUT2D eigenvalue weighted by Crippen LogP contribution is 2.28. The van der Waals surface area contributed by atoms with Crippen LogP contribution in [0.3, 0.4) is 0 Å². The summed E-state index contributed by atoms with van der Waals surface area (Å²) in [4.78, 5) is 11.9. The Balaban J connectivity index is 2.69. The zero-order chi connectivity index (χ0) is 12.6. The lowest BCUT2D eigenvalue weighted by Gasteiger charge is -2.06. The molecule has 0 spiro atoms. The summed E-state index contributed by atoms with van der Waals surface area (Å²) in [6, 6.07) is 6.55. The minimum Gasteiger partial charge on any atom is -0.466 e. The second kappa shape index (κ2) is 4.55. The summed E-state index contributed by atoms with van der Waals surface area (Å²) < 4.78 is 5.44. The second-order valence-electron chi connectivity index (χ2n) is 3.78. The van der Waals surface area contributed by atoms with Crippen LogP contribution in [-0.4, -0.2) is 0 Å². The maximum atomic E-state index is 11.9. The van der Waals surface area contributed by atoms with Gasteiger partial charge in [0, 0.05) is 6.07 Å². The molecule has 2 aromatic rings. The molecule has 0 saturated heterocycles. The highest BCUT2D eigenvalue weighted by molar-refractivity contribution is 6.42. The van der Waals surface area contributed by atoms with Crippen LogP contribution in [0.25, 0.3) is 11.1 Å². The first-order valence-electron chi connectivity index (χ1n) is 5.06. The van der Waals surface area contributed by atoms with Gasteiger partial charge in [0.2, 0.25) is 0 Å². The Hall–Kier alpha value is -1.25. The van der Waals surface area contributed by atoms with E-state index in [1.807, 2.05) is 0 Å². The average Bonchev–Trinajstić information content (AvgIpc) is 2.21. The highest BCUT2D eigenvalue weighted by atomic mass is 35.5. The average molecular weight is 269 g/mol. The first kappa shape index (κ1) is 12.2. The van der Waals surface area contributed by atoms with Gasteiger partial charge in [0.1, 0.15) is 11.5 Å². The van der Waals surface area contributed by atoms with E-state index in [4.69, 9.17) is 27.6 Å². The van der Waals surface area contributed by atoms with E-state index in [1.54, 1.807) is 32.0 Å². The van der Waals surface area contributed by atoms with Crippen LogP contribution >= 0.6 is 23.2 Å². The van der Waals surface area contributed by atoms with E-state index in [2.05, 4.69) is 0 Å².